The van der Waals surface area contributed by atoms with Crippen molar-refractivity contribution < 1.29 is 19.1 Å². The minimum atomic E-state index is -0.747. The van der Waals surface area contributed by atoms with E-state index in [0.29, 0.717) is 17.0 Å². The second-order valence-electron chi connectivity index (χ2n) is 5.60. The van der Waals surface area contributed by atoms with Gasteiger partial charge in [-0.05, 0) is 35.4 Å². The van der Waals surface area contributed by atoms with Crippen molar-refractivity contribution in [3.63, 3.8) is 0 Å². The van der Waals surface area contributed by atoms with Crippen LogP contribution in [0.3, 0.4) is 0 Å². The van der Waals surface area contributed by atoms with Gasteiger partial charge in [-0.25, -0.2) is 4.79 Å². The van der Waals surface area contributed by atoms with Crippen LogP contribution in [0.1, 0.15) is 17.2 Å². The number of ether oxygens (including phenoxy) is 1. The Morgan fingerprint density at radius 2 is 1.96 bits per heavy atom. The topological polar surface area (TPSA) is 96.5 Å². The molecule has 7 nitrogen and oxygen atoms in total. The summed E-state index contributed by atoms with van der Waals surface area (Å²) in [5.74, 6) is 0.0884. The van der Waals surface area contributed by atoms with Crippen LogP contribution < -0.4 is 20.7 Å². The molecular weight excluding hydrogens is 322 g/mol. The first-order chi connectivity index (χ1) is 12.0. The summed E-state index contributed by atoms with van der Waals surface area (Å²) in [4.78, 5) is 35.2. The van der Waals surface area contributed by atoms with Crippen molar-refractivity contribution in [1.29, 1.82) is 0 Å². The summed E-state index contributed by atoms with van der Waals surface area (Å²) in [6.45, 7) is 0. The summed E-state index contributed by atoms with van der Waals surface area (Å²) in [5.41, 5.74) is 1.98. The molecule has 25 heavy (non-hydrogen) atoms. The SMILES string of the molecule is COc1cccc(CC(=O)Nc2cccc(C3NC(=O)NC3=O)c2)c1. The minimum absolute atomic E-state index is 0.190. The Labute approximate surface area is 144 Å². The van der Waals surface area contributed by atoms with Crippen molar-refractivity contribution >= 4 is 23.5 Å². The molecule has 0 bridgehead atoms. The third-order valence-electron chi connectivity index (χ3n) is 3.78. The van der Waals surface area contributed by atoms with Crippen molar-refractivity contribution in [2.45, 2.75) is 12.5 Å². The summed E-state index contributed by atoms with van der Waals surface area (Å²) >= 11 is 0. The number of nitrogens with one attached hydrogen (secondary N) is 3. The van der Waals surface area contributed by atoms with Gasteiger partial charge in [0.25, 0.3) is 5.91 Å². The highest BCUT2D eigenvalue weighted by molar-refractivity contribution is 6.04. The van der Waals surface area contributed by atoms with Gasteiger partial charge >= 0.3 is 6.03 Å². The molecule has 0 radical (unpaired) electrons. The van der Waals surface area contributed by atoms with E-state index in [1.165, 1.54) is 0 Å². The number of hydrogen-bond donors (Lipinski definition) is 3. The fourth-order valence-electron chi connectivity index (χ4n) is 2.62. The molecular formula is C18H17N3O4. The normalized spacial score (nSPS) is 16.1. The molecule has 3 rings (SSSR count). The maximum Gasteiger partial charge on any atom is 0.322 e. The van der Waals surface area contributed by atoms with E-state index in [4.69, 9.17) is 4.74 Å². The first-order valence-electron chi connectivity index (χ1n) is 7.69. The Morgan fingerprint density at radius 1 is 1.16 bits per heavy atom. The highest BCUT2D eigenvalue weighted by Gasteiger charge is 2.30. The molecule has 0 saturated carbocycles. The summed E-state index contributed by atoms with van der Waals surface area (Å²) in [5, 5.41) is 7.50. The van der Waals surface area contributed by atoms with Crippen LogP contribution in [0.5, 0.6) is 5.75 Å². The molecule has 1 heterocycles. The number of urea groups is 1. The van der Waals surface area contributed by atoms with E-state index in [0.717, 1.165) is 5.56 Å². The monoisotopic (exact) mass is 339 g/mol. The Hall–Kier alpha value is -3.35. The van der Waals surface area contributed by atoms with Gasteiger partial charge in [0.2, 0.25) is 5.91 Å². The van der Waals surface area contributed by atoms with E-state index in [2.05, 4.69) is 16.0 Å². The van der Waals surface area contributed by atoms with Gasteiger partial charge in [-0.15, -0.1) is 0 Å². The van der Waals surface area contributed by atoms with Crippen molar-refractivity contribution in [3.8, 4) is 5.75 Å². The van der Waals surface area contributed by atoms with E-state index in [1.54, 1.807) is 37.4 Å². The summed E-state index contributed by atoms with van der Waals surface area (Å²) < 4.78 is 5.14. The Balaban J connectivity index is 1.68. The number of amides is 4. The lowest BCUT2D eigenvalue weighted by atomic mass is 10.1. The average molecular weight is 339 g/mol. The zero-order valence-corrected chi connectivity index (χ0v) is 13.5. The van der Waals surface area contributed by atoms with Crippen LogP contribution in [0.2, 0.25) is 0 Å². The largest absolute Gasteiger partial charge is 0.497 e. The van der Waals surface area contributed by atoms with Gasteiger partial charge in [-0.2, -0.15) is 0 Å². The third-order valence-corrected chi connectivity index (χ3v) is 3.78. The number of rotatable bonds is 5. The molecule has 1 atom stereocenters. The molecule has 0 aromatic heterocycles. The van der Waals surface area contributed by atoms with Gasteiger partial charge in [0.1, 0.15) is 11.8 Å². The molecule has 3 N–H and O–H groups in total. The molecule has 1 saturated heterocycles. The Morgan fingerprint density at radius 3 is 2.68 bits per heavy atom. The Kier molecular flexibility index (Phi) is 4.65. The van der Waals surface area contributed by atoms with Crippen molar-refractivity contribution in [1.82, 2.24) is 10.6 Å². The number of benzene rings is 2. The van der Waals surface area contributed by atoms with E-state index >= 15 is 0 Å². The van der Waals surface area contributed by atoms with Crippen LogP contribution in [0.15, 0.2) is 48.5 Å². The highest BCUT2D eigenvalue weighted by Crippen LogP contribution is 2.20. The zero-order chi connectivity index (χ0) is 17.8. The molecule has 7 heteroatoms. The number of imide groups is 1. The average Bonchev–Trinajstić information content (AvgIpc) is 2.93. The van der Waals surface area contributed by atoms with Gasteiger partial charge in [-0.3, -0.25) is 14.9 Å². The van der Waals surface area contributed by atoms with Crippen molar-refractivity contribution in [2.24, 2.45) is 0 Å². The van der Waals surface area contributed by atoms with Crippen molar-refractivity contribution in [3.05, 3.63) is 59.7 Å². The van der Waals surface area contributed by atoms with Crippen LogP contribution in [0.25, 0.3) is 0 Å². The van der Waals surface area contributed by atoms with Crippen LogP contribution in [0.4, 0.5) is 10.5 Å². The second-order valence-corrected chi connectivity index (χ2v) is 5.60. The predicted molar refractivity (Wildman–Crippen MR) is 91.2 cm³/mol. The highest BCUT2D eigenvalue weighted by atomic mass is 16.5. The minimum Gasteiger partial charge on any atom is -0.497 e. The molecule has 1 aliphatic rings. The molecule has 1 fully saturated rings. The van der Waals surface area contributed by atoms with Gasteiger partial charge < -0.3 is 15.4 Å². The smallest absolute Gasteiger partial charge is 0.322 e. The predicted octanol–water partition coefficient (Wildman–Crippen LogP) is 1.76. The van der Waals surface area contributed by atoms with Crippen LogP contribution in [-0.2, 0) is 16.0 Å². The lowest BCUT2D eigenvalue weighted by Gasteiger charge is -2.11. The third kappa shape index (κ3) is 3.95. The molecule has 0 aliphatic carbocycles. The molecule has 4 amide bonds. The molecule has 1 unspecified atom stereocenters. The summed E-state index contributed by atoms with van der Waals surface area (Å²) in [6, 6.07) is 12.8. The van der Waals surface area contributed by atoms with E-state index < -0.39 is 18.0 Å². The zero-order valence-electron chi connectivity index (χ0n) is 13.5. The van der Waals surface area contributed by atoms with Crippen LogP contribution in [0, 0.1) is 0 Å². The molecule has 2 aromatic rings. The van der Waals surface area contributed by atoms with Crippen LogP contribution >= 0.6 is 0 Å². The second kappa shape index (κ2) is 7.04. The summed E-state index contributed by atoms with van der Waals surface area (Å²) in [6.07, 6.45) is 0.197. The lowest BCUT2D eigenvalue weighted by Crippen LogP contribution is -2.22. The van der Waals surface area contributed by atoms with Gasteiger partial charge in [0, 0.05) is 5.69 Å². The first-order valence-corrected chi connectivity index (χ1v) is 7.69. The number of methoxy groups -OCH3 is 1. The quantitative estimate of drug-likeness (QED) is 0.723. The van der Waals surface area contributed by atoms with Gasteiger partial charge in [0.15, 0.2) is 0 Å². The Bertz CT molecular complexity index is 835. The van der Waals surface area contributed by atoms with Crippen molar-refractivity contribution in [2.75, 3.05) is 12.4 Å². The molecule has 2 aromatic carbocycles. The number of anilines is 1. The number of hydrogen-bond acceptors (Lipinski definition) is 4. The molecule has 0 spiro atoms. The first kappa shape index (κ1) is 16.5. The molecule has 1 aliphatic heterocycles. The molecule has 128 valence electrons. The fraction of sp³-hybridized carbons (Fsp3) is 0.167. The summed E-state index contributed by atoms with van der Waals surface area (Å²) in [7, 11) is 1.57. The van der Waals surface area contributed by atoms with E-state index in [1.807, 2.05) is 18.2 Å². The van der Waals surface area contributed by atoms with Gasteiger partial charge in [0.05, 0.1) is 13.5 Å². The maximum absolute atomic E-state index is 12.2. The number of carbonyl (C=O) groups is 3. The standard InChI is InChI=1S/C18H17N3O4/c1-25-14-7-2-4-11(8-14)9-15(22)19-13-6-3-5-12(10-13)16-17(23)21-18(24)20-16/h2-8,10,16H,9H2,1H3,(H,19,22)(H2,20,21,23,24). The maximum atomic E-state index is 12.2. The van der Waals surface area contributed by atoms with E-state index in [9.17, 15) is 14.4 Å². The van der Waals surface area contributed by atoms with Gasteiger partial charge in [-0.1, -0.05) is 24.3 Å². The van der Waals surface area contributed by atoms with E-state index in [-0.39, 0.29) is 12.3 Å². The lowest BCUT2D eigenvalue weighted by molar-refractivity contribution is -0.120. The van der Waals surface area contributed by atoms with Crippen LogP contribution in [-0.4, -0.2) is 25.0 Å². The fourth-order valence-corrected chi connectivity index (χ4v) is 2.62. The number of carbonyl (C=O) groups excluding carboxylic acids is 3.